The van der Waals surface area contributed by atoms with Crippen molar-refractivity contribution < 1.29 is 29.0 Å². The fourth-order valence-corrected chi connectivity index (χ4v) is 4.67. The van der Waals surface area contributed by atoms with Crippen LogP contribution in [0.4, 0.5) is 0 Å². The molecule has 0 atom stereocenters. The van der Waals surface area contributed by atoms with E-state index in [2.05, 4.69) is 20.8 Å². The van der Waals surface area contributed by atoms with Gasteiger partial charge in [-0.05, 0) is 19.3 Å². The van der Waals surface area contributed by atoms with E-state index >= 15 is 0 Å². The molecular weight excluding hydrogens is 492 g/mol. The van der Waals surface area contributed by atoms with Crippen LogP contribution in [0, 0.1) is 0 Å². The second kappa shape index (κ2) is 26.8. The predicted octanol–water partition coefficient (Wildman–Crippen LogP) is 8.80. The Morgan fingerprint density at radius 1 is 0.462 bits per heavy atom. The van der Waals surface area contributed by atoms with Crippen LogP contribution >= 0.6 is 0 Å². The summed E-state index contributed by atoms with van der Waals surface area (Å²) in [5.41, 5.74) is -1.98. The van der Waals surface area contributed by atoms with E-state index < -0.39 is 36.5 Å². The van der Waals surface area contributed by atoms with E-state index in [1.807, 2.05) is 0 Å². The molecule has 0 aromatic carbocycles. The van der Waals surface area contributed by atoms with Crippen molar-refractivity contribution in [2.24, 2.45) is 0 Å². The van der Waals surface area contributed by atoms with Crippen molar-refractivity contribution in [2.75, 3.05) is 13.2 Å². The van der Waals surface area contributed by atoms with Crippen LogP contribution in [0.25, 0.3) is 0 Å². The third-order valence-electron chi connectivity index (χ3n) is 7.44. The molecule has 0 aliphatic rings. The zero-order valence-electron chi connectivity index (χ0n) is 25.9. The van der Waals surface area contributed by atoms with Crippen molar-refractivity contribution in [3.05, 3.63) is 0 Å². The highest BCUT2D eigenvalue weighted by Gasteiger charge is 2.38. The van der Waals surface area contributed by atoms with Crippen LogP contribution in [0.1, 0.15) is 175 Å². The summed E-state index contributed by atoms with van der Waals surface area (Å²) in [6.07, 6.45) is 24.6. The third-order valence-corrected chi connectivity index (χ3v) is 7.44. The Labute approximate surface area is 240 Å². The zero-order valence-corrected chi connectivity index (χ0v) is 25.9. The van der Waals surface area contributed by atoms with E-state index in [-0.39, 0.29) is 19.3 Å². The highest BCUT2D eigenvalue weighted by molar-refractivity contribution is 5.88. The van der Waals surface area contributed by atoms with Gasteiger partial charge in [-0.3, -0.25) is 14.4 Å². The molecule has 0 aliphatic carbocycles. The first-order valence-corrected chi connectivity index (χ1v) is 16.5. The molecule has 0 amide bonds. The normalized spacial score (nSPS) is 11.5. The molecule has 0 bridgehead atoms. The number of aliphatic hydroxyl groups is 1. The van der Waals surface area contributed by atoms with E-state index in [0.29, 0.717) is 19.3 Å². The van der Waals surface area contributed by atoms with Gasteiger partial charge in [0, 0.05) is 19.3 Å². The third kappa shape index (κ3) is 23.0. The van der Waals surface area contributed by atoms with Crippen molar-refractivity contribution in [1.29, 1.82) is 0 Å². The number of carbonyl (C=O) groups excluding carboxylic acids is 3. The van der Waals surface area contributed by atoms with Crippen molar-refractivity contribution in [1.82, 2.24) is 0 Å². The van der Waals surface area contributed by atoms with Crippen LogP contribution in [-0.4, -0.2) is 41.6 Å². The molecule has 6 nitrogen and oxygen atoms in total. The van der Waals surface area contributed by atoms with Gasteiger partial charge in [-0.1, -0.05) is 136 Å². The minimum atomic E-state index is -1.98. The second-order valence-electron chi connectivity index (χ2n) is 11.4. The van der Waals surface area contributed by atoms with Crippen LogP contribution in [0.15, 0.2) is 0 Å². The minimum Gasteiger partial charge on any atom is -0.462 e. The number of carbonyl (C=O) groups is 3. The van der Waals surface area contributed by atoms with E-state index in [1.165, 1.54) is 77.0 Å². The lowest BCUT2D eigenvalue weighted by molar-refractivity contribution is -0.169. The maximum atomic E-state index is 12.9. The molecule has 0 spiro atoms. The fourth-order valence-electron chi connectivity index (χ4n) is 4.67. The lowest BCUT2D eigenvalue weighted by atomic mass is 9.95. The summed E-state index contributed by atoms with van der Waals surface area (Å²) >= 11 is 0. The van der Waals surface area contributed by atoms with Gasteiger partial charge in [0.05, 0.1) is 0 Å². The Morgan fingerprint density at radius 3 is 1.10 bits per heavy atom. The molecule has 0 heterocycles. The molecule has 0 aliphatic heterocycles. The van der Waals surface area contributed by atoms with Gasteiger partial charge in [-0.25, -0.2) is 0 Å². The van der Waals surface area contributed by atoms with Gasteiger partial charge in [0.15, 0.2) is 11.4 Å². The fraction of sp³-hybridized carbons (Fsp3) is 0.909. The number of ether oxygens (including phenoxy) is 2. The first kappa shape index (κ1) is 37.6. The molecule has 0 saturated carbocycles. The topological polar surface area (TPSA) is 89.9 Å². The monoisotopic (exact) mass is 554 g/mol. The summed E-state index contributed by atoms with van der Waals surface area (Å²) in [5, 5.41) is 11.0. The molecule has 0 fully saturated rings. The number of unbranched alkanes of at least 4 members (excludes halogenated alkanes) is 18. The number of hydrogen-bond acceptors (Lipinski definition) is 6. The van der Waals surface area contributed by atoms with E-state index in [1.54, 1.807) is 0 Å². The first-order chi connectivity index (χ1) is 18.9. The van der Waals surface area contributed by atoms with E-state index in [4.69, 9.17) is 9.47 Å². The van der Waals surface area contributed by atoms with Crippen molar-refractivity contribution >= 4 is 17.7 Å². The zero-order chi connectivity index (χ0) is 29.0. The van der Waals surface area contributed by atoms with Crippen molar-refractivity contribution in [3.8, 4) is 0 Å². The highest BCUT2D eigenvalue weighted by atomic mass is 16.6. The first-order valence-electron chi connectivity index (χ1n) is 16.5. The lowest BCUT2D eigenvalue weighted by Gasteiger charge is -2.26. The predicted molar refractivity (Wildman–Crippen MR) is 160 cm³/mol. The van der Waals surface area contributed by atoms with Crippen LogP contribution in [0.3, 0.4) is 0 Å². The minimum absolute atomic E-state index is 0.190. The Morgan fingerprint density at radius 2 is 0.744 bits per heavy atom. The number of Topliss-reactive ketones (excluding diaryl/α,β-unsaturated/α-hetero) is 1. The lowest BCUT2D eigenvalue weighted by Crippen LogP contribution is -2.48. The number of hydrogen-bond donors (Lipinski definition) is 1. The quantitative estimate of drug-likeness (QED) is 0.0734. The molecule has 0 aromatic rings. The smallest absolute Gasteiger partial charge is 0.305 e. The van der Waals surface area contributed by atoms with Crippen LogP contribution in [-0.2, 0) is 23.9 Å². The Balaban J connectivity index is 4.24. The highest BCUT2D eigenvalue weighted by Crippen LogP contribution is 2.18. The second-order valence-corrected chi connectivity index (χ2v) is 11.4. The standard InChI is InChI=1S/C33H62O6/c1-4-7-10-11-12-13-14-15-16-17-18-19-20-21-24-25-30(34)33(37,28-38-31(35)26-22-8-5-2)29-39-32(36)27-23-9-6-3/h37H,4-29H2,1-3H3. The maximum absolute atomic E-state index is 12.9. The summed E-state index contributed by atoms with van der Waals surface area (Å²) in [7, 11) is 0. The summed E-state index contributed by atoms with van der Waals surface area (Å²) in [4.78, 5) is 37.0. The van der Waals surface area contributed by atoms with Gasteiger partial charge in [0.2, 0.25) is 0 Å². The van der Waals surface area contributed by atoms with Gasteiger partial charge in [0.25, 0.3) is 0 Å². The average molecular weight is 555 g/mol. The molecule has 0 saturated heterocycles. The molecular formula is C33H62O6. The summed E-state index contributed by atoms with van der Waals surface area (Å²) in [5.74, 6) is -1.29. The molecule has 1 N–H and O–H groups in total. The van der Waals surface area contributed by atoms with Gasteiger partial charge < -0.3 is 14.6 Å². The summed E-state index contributed by atoms with van der Waals surface area (Å²) < 4.78 is 10.5. The Hall–Kier alpha value is -1.43. The van der Waals surface area contributed by atoms with Crippen molar-refractivity contribution in [3.63, 3.8) is 0 Å². The molecule has 6 heteroatoms. The van der Waals surface area contributed by atoms with E-state index in [9.17, 15) is 19.5 Å². The van der Waals surface area contributed by atoms with Crippen LogP contribution in [0.2, 0.25) is 0 Å². The maximum Gasteiger partial charge on any atom is 0.305 e. The van der Waals surface area contributed by atoms with Gasteiger partial charge >= 0.3 is 11.9 Å². The van der Waals surface area contributed by atoms with Crippen LogP contribution in [0.5, 0.6) is 0 Å². The largest absolute Gasteiger partial charge is 0.462 e. The Bertz CT molecular complexity index is 577. The van der Waals surface area contributed by atoms with E-state index in [0.717, 1.165) is 38.5 Å². The van der Waals surface area contributed by atoms with Gasteiger partial charge in [-0.15, -0.1) is 0 Å². The molecule has 0 radical (unpaired) electrons. The average Bonchev–Trinajstić information content (AvgIpc) is 2.93. The molecule has 0 rings (SSSR count). The number of esters is 2. The molecule has 39 heavy (non-hydrogen) atoms. The molecule has 0 aromatic heterocycles. The van der Waals surface area contributed by atoms with Gasteiger partial charge in [-0.2, -0.15) is 0 Å². The number of ketones is 1. The Kier molecular flexibility index (Phi) is 25.8. The van der Waals surface area contributed by atoms with Crippen molar-refractivity contribution in [2.45, 2.75) is 180 Å². The van der Waals surface area contributed by atoms with Crippen LogP contribution < -0.4 is 0 Å². The summed E-state index contributed by atoms with van der Waals surface area (Å²) in [6, 6.07) is 0. The summed E-state index contributed by atoms with van der Waals surface area (Å²) in [6.45, 7) is 5.44. The van der Waals surface area contributed by atoms with Gasteiger partial charge in [0.1, 0.15) is 13.2 Å². The SMILES string of the molecule is CCCCCCCCCCCCCCCCCC(=O)C(O)(COC(=O)CCCCC)COC(=O)CCCCC. The number of rotatable bonds is 29. The molecule has 230 valence electrons. The molecule has 0 unspecified atom stereocenters.